The van der Waals surface area contributed by atoms with Gasteiger partial charge in [0.2, 0.25) is 5.91 Å². The zero-order chi connectivity index (χ0) is 19.6. The van der Waals surface area contributed by atoms with Gasteiger partial charge in [0.1, 0.15) is 5.75 Å². The number of benzene rings is 1. The third kappa shape index (κ3) is 4.08. The Hall–Kier alpha value is -2.54. The summed E-state index contributed by atoms with van der Waals surface area (Å²) < 4.78 is 7.11. The largest absolute Gasteiger partial charge is 0.497 e. The second kappa shape index (κ2) is 8.00. The first-order valence-corrected chi connectivity index (χ1v) is 9.35. The molecule has 0 saturated carbocycles. The van der Waals surface area contributed by atoms with Crippen molar-refractivity contribution in [3.63, 3.8) is 0 Å². The Kier molecular flexibility index (Phi) is 5.70. The average molecular weight is 371 g/mol. The van der Waals surface area contributed by atoms with Gasteiger partial charge in [-0.1, -0.05) is 6.07 Å². The summed E-state index contributed by atoms with van der Waals surface area (Å²) in [5.74, 6) is 0.883. The van der Waals surface area contributed by atoms with Crippen LogP contribution in [-0.2, 0) is 11.8 Å². The van der Waals surface area contributed by atoms with Gasteiger partial charge in [0.05, 0.1) is 30.2 Å². The van der Waals surface area contributed by atoms with E-state index < -0.39 is 0 Å². The molecule has 1 amide bonds. The zero-order valence-corrected chi connectivity index (χ0v) is 16.8. The lowest BCUT2D eigenvalue weighted by atomic mass is 10.2. The average Bonchev–Trinajstić information content (AvgIpc) is 2.93. The van der Waals surface area contributed by atoms with Crippen molar-refractivity contribution < 1.29 is 9.53 Å². The van der Waals surface area contributed by atoms with Crippen molar-refractivity contribution in [2.45, 2.75) is 26.8 Å². The van der Waals surface area contributed by atoms with Crippen LogP contribution < -0.4 is 15.0 Å². The lowest BCUT2D eigenvalue weighted by Gasteiger charge is -2.38. The molecule has 1 aromatic heterocycles. The number of hydrogen-bond acceptors (Lipinski definition) is 5. The minimum absolute atomic E-state index is 0.0176. The van der Waals surface area contributed by atoms with Gasteiger partial charge in [-0.15, -0.1) is 0 Å². The maximum atomic E-state index is 12.7. The molecule has 0 aliphatic carbocycles. The first-order valence-electron chi connectivity index (χ1n) is 9.35. The number of methoxy groups -OCH3 is 1. The Morgan fingerprint density at radius 1 is 1.22 bits per heavy atom. The summed E-state index contributed by atoms with van der Waals surface area (Å²) in [7, 11) is 3.57. The van der Waals surface area contributed by atoms with Crippen molar-refractivity contribution >= 4 is 17.3 Å². The maximum Gasteiger partial charge on any atom is 0.241 e. The highest BCUT2D eigenvalue weighted by atomic mass is 16.5. The first-order chi connectivity index (χ1) is 12.9. The van der Waals surface area contributed by atoms with E-state index in [1.54, 1.807) is 11.8 Å². The van der Waals surface area contributed by atoms with Crippen molar-refractivity contribution in [3.05, 3.63) is 35.7 Å². The van der Waals surface area contributed by atoms with Crippen LogP contribution in [0.1, 0.15) is 18.3 Å². The van der Waals surface area contributed by atoms with E-state index in [0.717, 1.165) is 54.7 Å². The highest BCUT2D eigenvalue weighted by Crippen LogP contribution is 2.23. The van der Waals surface area contributed by atoms with E-state index in [9.17, 15) is 4.79 Å². The fourth-order valence-electron chi connectivity index (χ4n) is 3.52. The molecule has 3 rings (SSSR count). The number of anilines is 2. The molecule has 27 heavy (non-hydrogen) atoms. The van der Waals surface area contributed by atoms with Crippen LogP contribution in [0.2, 0.25) is 0 Å². The second-order valence-electron chi connectivity index (χ2n) is 7.06. The predicted molar refractivity (Wildman–Crippen MR) is 108 cm³/mol. The van der Waals surface area contributed by atoms with Gasteiger partial charge in [0, 0.05) is 45.0 Å². The van der Waals surface area contributed by atoms with Crippen LogP contribution in [0.3, 0.4) is 0 Å². The number of aromatic nitrogens is 2. The van der Waals surface area contributed by atoms with Crippen LogP contribution >= 0.6 is 0 Å². The number of piperazine rings is 1. The summed E-state index contributed by atoms with van der Waals surface area (Å²) in [6.07, 6.45) is 0. The van der Waals surface area contributed by atoms with Crippen molar-refractivity contribution in [1.29, 1.82) is 0 Å². The summed E-state index contributed by atoms with van der Waals surface area (Å²) in [5, 5.41) is 7.42. The van der Waals surface area contributed by atoms with Crippen molar-refractivity contribution in [2.24, 2.45) is 7.05 Å². The van der Waals surface area contributed by atoms with Gasteiger partial charge in [-0.2, -0.15) is 5.10 Å². The van der Waals surface area contributed by atoms with E-state index in [4.69, 9.17) is 4.74 Å². The Morgan fingerprint density at radius 2 is 1.93 bits per heavy atom. The summed E-state index contributed by atoms with van der Waals surface area (Å²) in [4.78, 5) is 17.3. The number of nitrogens with one attached hydrogen (secondary N) is 1. The first kappa shape index (κ1) is 19.2. The van der Waals surface area contributed by atoms with E-state index in [1.807, 2.05) is 40.0 Å². The molecule has 1 saturated heterocycles. The quantitative estimate of drug-likeness (QED) is 0.873. The Balaban J connectivity index is 1.59. The smallest absolute Gasteiger partial charge is 0.241 e. The van der Waals surface area contributed by atoms with Crippen molar-refractivity contribution in [2.75, 3.05) is 43.5 Å². The molecule has 7 heteroatoms. The SMILES string of the molecule is COc1cccc(N2CCN(C(C)C(=O)Nc3c(C)nn(C)c3C)CC2)c1. The summed E-state index contributed by atoms with van der Waals surface area (Å²) >= 11 is 0. The van der Waals surface area contributed by atoms with E-state index in [2.05, 4.69) is 32.3 Å². The number of nitrogens with zero attached hydrogens (tertiary/aromatic N) is 4. The molecule has 0 spiro atoms. The van der Waals surface area contributed by atoms with Gasteiger partial charge < -0.3 is 15.0 Å². The van der Waals surface area contributed by atoms with E-state index in [1.165, 1.54) is 0 Å². The molecule has 0 bridgehead atoms. The number of aryl methyl sites for hydroxylation is 2. The highest BCUT2D eigenvalue weighted by molar-refractivity contribution is 5.95. The normalized spacial score (nSPS) is 16.3. The molecular formula is C20H29N5O2. The van der Waals surface area contributed by atoms with Crippen molar-refractivity contribution in [3.8, 4) is 5.75 Å². The van der Waals surface area contributed by atoms with Crippen molar-refractivity contribution in [1.82, 2.24) is 14.7 Å². The third-order valence-corrected chi connectivity index (χ3v) is 5.42. The van der Waals surface area contributed by atoms with Gasteiger partial charge in [-0.3, -0.25) is 14.4 Å². The predicted octanol–water partition coefficient (Wildman–Crippen LogP) is 2.19. The van der Waals surface area contributed by atoms with Gasteiger partial charge >= 0.3 is 0 Å². The minimum atomic E-state index is -0.184. The fraction of sp³-hybridized carbons (Fsp3) is 0.500. The number of amides is 1. The monoisotopic (exact) mass is 371 g/mol. The van der Waals surface area contributed by atoms with Crippen LogP contribution in [0, 0.1) is 13.8 Å². The zero-order valence-electron chi connectivity index (χ0n) is 16.8. The van der Waals surface area contributed by atoms with Crippen LogP contribution in [-0.4, -0.2) is 59.9 Å². The molecule has 2 aromatic rings. The Morgan fingerprint density at radius 3 is 2.52 bits per heavy atom. The number of ether oxygens (including phenoxy) is 1. The van der Waals surface area contributed by atoms with Crippen LogP contribution in [0.15, 0.2) is 24.3 Å². The summed E-state index contributed by atoms with van der Waals surface area (Å²) in [5.41, 5.74) is 3.80. The molecule has 0 radical (unpaired) electrons. The minimum Gasteiger partial charge on any atom is -0.497 e. The summed E-state index contributed by atoms with van der Waals surface area (Å²) in [6, 6.07) is 7.93. The van der Waals surface area contributed by atoms with E-state index in [0.29, 0.717) is 0 Å². The molecule has 1 aliphatic rings. The lowest BCUT2D eigenvalue weighted by Crippen LogP contribution is -2.52. The molecule has 1 N–H and O–H groups in total. The van der Waals surface area contributed by atoms with Gasteiger partial charge in [0.15, 0.2) is 0 Å². The molecule has 1 atom stereocenters. The fourth-order valence-corrected chi connectivity index (χ4v) is 3.52. The molecule has 1 aliphatic heterocycles. The molecule has 2 heterocycles. The van der Waals surface area contributed by atoms with Crippen LogP contribution in [0.4, 0.5) is 11.4 Å². The van der Waals surface area contributed by atoms with Gasteiger partial charge in [-0.05, 0) is 32.9 Å². The number of carbonyl (C=O) groups is 1. The highest BCUT2D eigenvalue weighted by Gasteiger charge is 2.27. The van der Waals surface area contributed by atoms with E-state index >= 15 is 0 Å². The lowest BCUT2D eigenvalue weighted by molar-refractivity contribution is -0.120. The molecule has 1 aromatic carbocycles. The van der Waals surface area contributed by atoms with Gasteiger partial charge in [-0.25, -0.2) is 0 Å². The maximum absolute atomic E-state index is 12.7. The standard InChI is InChI=1S/C20H29N5O2/c1-14-19(15(2)23(4)22-14)21-20(26)16(3)24-9-11-25(12-10-24)17-7-6-8-18(13-17)27-5/h6-8,13,16H,9-12H2,1-5H3,(H,21,26). The van der Waals surface area contributed by atoms with Crippen LogP contribution in [0.25, 0.3) is 0 Å². The summed E-state index contributed by atoms with van der Waals surface area (Å²) in [6.45, 7) is 9.31. The Labute approximate surface area is 160 Å². The Bertz CT molecular complexity index is 809. The number of carbonyl (C=O) groups excluding carboxylic acids is 1. The number of hydrogen-bond donors (Lipinski definition) is 1. The van der Waals surface area contributed by atoms with E-state index in [-0.39, 0.29) is 11.9 Å². The van der Waals surface area contributed by atoms with Crippen LogP contribution in [0.5, 0.6) is 5.75 Å². The number of rotatable bonds is 5. The molecule has 1 fully saturated rings. The second-order valence-corrected chi connectivity index (χ2v) is 7.06. The topological polar surface area (TPSA) is 62.6 Å². The third-order valence-electron chi connectivity index (χ3n) is 5.42. The molecule has 1 unspecified atom stereocenters. The molecule has 146 valence electrons. The molecule has 7 nitrogen and oxygen atoms in total. The molecular weight excluding hydrogens is 342 g/mol. The van der Waals surface area contributed by atoms with Gasteiger partial charge in [0.25, 0.3) is 0 Å².